The molecule has 4 nitrogen and oxygen atoms in total. The van der Waals surface area contributed by atoms with E-state index in [1.54, 1.807) is 0 Å². The molecule has 5 heteroatoms. The molecule has 0 bridgehead atoms. The fourth-order valence-electron chi connectivity index (χ4n) is 3.62. The van der Waals surface area contributed by atoms with E-state index in [-0.39, 0.29) is 12.5 Å². The number of rotatable bonds is 7. The number of halogens is 1. The molecule has 0 aliphatic carbocycles. The van der Waals surface area contributed by atoms with Crippen molar-refractivity contribution < 1.29 is 9.90 Å². The molecule has 0 spiro atoms. The molecule has 2 aromatic rings. The molecule has 0 aromatic heterocycles. The van der Waals surface area contributed by atoms with Crippen molar-refractivity contribution in [2.45, 2.75) is 18.9 Å². The topological polar surface area (TPSA) is 43.8 Å². The molecule has 1 heterocycles. The van der Waals surface area contributed by atoms with Crippen LogP contribution in [-0.2, 0) is 4.79 Å². The molecule has 1 unspecified atom stereocenters. The Labute approximate surface area is 160 Å². The molecular formula is C21H25ClN2O2. The van der Waals surface area contributed by atoms with Crippen molar-refractivity contribution in [2.75, 3.05) is 32.7 Å². The van der Waals surface area contributed by atoms with Gasteiger partial charge in [0.25, 0.3) is 0 Å². The van der Waals surface area contributed by atoms with Crippen LogP contribution in [0.25, 0.3) is 0 Å². The highest BCUT2D eigenvalue weighted by Gasteiger charge is 2.27. The van der Waals surface area contributed by atoms with Crippen molar-refractivity contribution in [3.63, 3.8) is 0 Å². The molecule has 3 rings (SSSR count). The lowest BCUT2D eigenvalue weighted by molar-refractivity contribution is -0.137. The second-order valence-corrected chi connectivity index (χ2v) is 7.12. The van der Waals surface area contributed by atoms with Crippen LogP contribution in [0.1, 0.15) is 30.0 Å². The van der Waals surface area contributed by atoms with Gasteiger partial charge in [0, 0.05) is 37.6 Å². The van der Waals surface area contributed by atoms with Crippen LogP contribution in [0, 0.1) is 0 Å². The summed E-state index contributed by atoms with van der Waals surface area (Å²) in [6, 6.07) is 18.7. The largest absolute Gasteiger partial charge is 0.481 e. The van der Waals surface area contributed by atoms with E-state index in [1.165, 1.54) is 5.56 Å². The van der Waals surface area contributed by atoms with Crippen molar-refractivity contribution in [3.8, 4) is 0 Å². The highest BCUT2D eigenvalue weighted by molar-refractivity contribution is 6.31. The minimum Gasteiger partial charge on any atom is -0.481 e. The van der Waals surface area contributed by atoms with Crippen LogP contribution in [0.4, 0.5) is 0 Å². The Bertz CT molecular complexity index is 715. The van der Waals surface area contributed by atoms with Crippen molar-refractivity contribution in [1.29, 1.82) is 0 Å². The lowest BCUT2D eigenvalue weighted by atomic mass is 9.96. The molecule has 0 radical (unpaired) electrons. The Morgan fingerprint density at radius 3 is 2.31 bits per heavy atom. The van der Waals surface area contributed by atoms with Gasteiger partial charge in [0.2, 0.25) is 0 Å². The minimum absolute atomic E-state index is 0.145. The number of carbonyl (C=O) groups is 1. The maximum absolute atomic E-state index is 10.7. The second kappa shape index (κ2) is 9.17. The molecule has 0 saturated carbocycles. The quantitative estimate of drug-likeness (QED) is 0.800. The van der Waals surface area contributed by atoms with Gasteiger partial charge in [-0.1, -0.05) is 60.1 Å². The average Bonchev–Trinajstić information content (AvgIpc) is 2.65. The zero-order valence-electron chi connectivity index (χ0n) is 14.9. The zero-order chi connectivity index (χ0) is 18.4. The molecule has 1 aliphatic heterocycles. The van der Waals surface area contributed by atoms with Crippen LogP contribution < -0.4 is 0 Å². The van der Waals surface area contributed by atoms with E-state index in [9.17, 15) is 4.79 Å². The predicted octanol–water partition coefficient (Wildman–Crippen LogP) is 3.91. The van der Waals surface area contributed by atoms with Crippen LogP contribution >= 0.6 is 11.6 Å². The monoisotopic (exact) mass is 372 g/mol. The Morgan fingerprint density at radius 1 is 1.00 bits per heavy atom. The summed E-state index contributed by atoms with van der Waals surface area (Å²) in [5, 5.41) is 9.59. The summed E-state index contributed by atoms with van der Waals surface area (Å²) < 4.78 is 0. The predicted molar refractivity (Wildman–Crippen MR) is 105 cm³/mol. The summed E-state index contributed by atoms with van der Waals surface area (Å²) in [4.78, 5) is 15.5. The van der Waals surface area contributed by atoms with E-state index in [0.717, 1.165) is 43.3 Å². The van der Waals surface area contributed by atoms with Crippen LogP contribution in [-0.4, -0.2) is 53.6 Å². The van der Waals surface area contributed by atoms with Gasteiger partial charge in [0.15, 0.2) is 0 Å². The van der Waals surface area contributed by atoms with E-state index in [2.05, 4.69) is 40.1 Å². The number of benzene rings is 2. The van der Waals surface area contributed by atoms with Crippen molar-refractivity contribution >= 4 is 17.6 Å². The summed E-state index contributed by atoms with van der Waals surface area (Å²) in [6.45, 7) is 4.64. The van der Waals surface area contributed by atoms with Gasteiger partial charge in [-0.3, -0.25) is 9.69 Å². The number of carboxylic acid groups (broad SMARTS) is 1. The Hall–Kier alpha value is -1.88. The minimum atomic E-state index is -0.716. The van der Waals surface area contributed by atoms with Gasteiger partial charge in [-0.05, 0) is 30.2 Å². The molecule has 26 heavy (non-hydrogen) atoms. The summed E-state index contributed by atoms with van der Waals surface area (Å²) in [5.41, 5.74) is 2.39. The fraction of sp³-hybridized carbons (Fsp3) is 0.381. The summed E-state index contributed by atoms with van der Waals surface area (Å²) in [7, 11) is 0. The number of aliphatic carboxylic acids is 1. The number of hydrogen-bond acceptors (Lipinski definition) is 3. The first-order valence-electron chi connectivity index (χ1n) is 9.12. The molecule has 0 amide bonds. The SMILES string of the molecule is O=C(O)CCCN1CCN(C(c2ccccc2)c2ccccc2Cl)CC1. The Balaban J connectivity index is 1.71. The first kappa shape index (κ1) is 18.9. The fourth-order valence-corrected chi connectivity index (χ4v) is 3.86. The van der Waals surface area contributed by atoms with Gasteiger partial charge < -0.3 is 10.0 Å². The third-order valence-electron chi connectivity index (χ3n) is 4.95. The van der Waals surface area contributed by atoms with Crippen molar-refractivity contribution in [1.82, 2.24) is 9.80 Å². The average molecular weight is 373 g/mol. The zero-order valence-corrected chi connectivity index (χ0v) is 15.6. The Morgan fingerprint density at radius 2 is 1.65 bits per heavy atom. The number of hydrogen-bond donors (Lipinski definition) is 1. The third-order valence-corrected chi connectivity index (χ3v) is 5.30. The van der Waals surface area contributed by atoms with Crippen molar-refractivity contribution in [2.24, 2.45) is 0 Å². The number of piperazine rings is 1. The molecule has 1 N–H and O–H groups in total. The van der Waals surface area contributed by atoms with Crippen molar-refractivity contribution in [3.05, 3.63) is 70.7 Å². The van der Waals surface area contributed by atoms with E-state index in [0.29, 0.717) is 6.42 Å². The van der Waals surface area contributed by atoms with Gasteiger partial charge in [0.1, 0.15) is 0 Å². The first-order valence-corrected chi connectivity index (χ1v) is 9.50. The standard InChI is InChI=1S/C21H25ClN2O2/c22-19-10-5-4-9-18(19)21(17-7-2-1-3-8-17)24-15-13-23(14-16-24)12-6-11-20(25)26/h1-5,7-10,21H,6,11-16H2,(H,25,26). The van der Waals surface area contributed by atoms with E-state index in [4.69, 9.17) is 16.7 Å². The number of nitrogens with zero attached hydrogens (tertiary/aromatic N) is 2. The maximum atomic E-state index is 10.7. The lowest BCUT2D eigenvalue weighted by Gasteiger charge is -2.40. The third kappa shape index (κ3) is 4.85. The van der Waals surface area contributed by atoms with E-state index in [1.807, 2.05) is 24.3 Å². The van der Waals surface area contributed by atoms with Gasteiger partial charge in [-0.25, -0.2) is 0 Å². The normalized spacial score (nSPS) is 17.1. The van der Waals surface area contributed by atoms with E-state index < -0.39 is 5.97 Å². The highest BCUT2D eigenvalue weighted by Crippen LogP contribution is 2.33. The van der Waals surface area contributed by atoms with E-state index >= 15 is 0 Å². The van der Waals surface area contributed by atoms with Crippen LogP contribution in [0.2, 0.25) is 5.02 Å². The summed E-state index contributed by atoms with van der Waals surface area (Å²) in [5.74, 6) is -0.716. The van der Waals surface area contributed by atoms with Crippen LogP contribution in [0.15, 0.2) is 54.6 Å². The first-order chi connectivity index (χ1) is 12.6. The van der Waals surface area contributed by atoms with Crippen LogP contribution in [0.5, 0.6) is 0 Å². The number of carboxylic acids is 1. The van der Waals surface area contributed by atoms with Gasteiger partial charge in [-0.15, -0.1) is 0 Å². The molecule has 1 saturated heterocycles. The lowest BCUT2D eigenvalue weighted by Crippen LogP contribution is -2.48. The molecule has 2 aromatic carbocycles. The van der Waals surface area contributed by atoms with Gasteiger partial charge in [-0.2, -0.15) is 0 Å². The smallest absolute Gasteiger partial charge is 0.303 e. The molecule has 138 valence electrons. The van der Waals surface area contributed by atoms with Crippen LogP contribution in [0.3, 0.4) is 0 Å². The maximum Gasteiger partial charge on any atom is 0.303 e. The van der Waals surface area contributed by atoms with Gasteiger partial charge >= 0.3 is 5.97 Å². The molecule has 1 aliphatic rings. The summed E-state index contributed by atoms with van der Waals surface area (Å²) >= 11 is 6.52. The summed E-state index contributed by atoms with van der Waals surface area (Å²) in [6.07, 6.45) is 0.953. The molecule has 1 atom stereocenters. The molecule has 1 fully saturated rings. The highest BCUT2D eigenvalue weighted by atomic mass is 35.5. The second-order valence-electron chi connectivity index (χ2n) is 6.71. The van der Waals surface area contributed by atoms with Gasteiger partial charge in [0.05, 0.1) is 6.04 Å². The Kier molecular flexibility index (Phi) is 6.67. The molecular weight excluding hydrogens is 348 g/mol.